The highest BCUT2D eigenvalue weighted by Gasteiger charge is 2.09. The number of carbonyl (C=O) groups is 1. The number of nitrogens with one attached hydrogen (secondary N) is 1. The minimum Gasteiger partial charge on any atom is -0.478 e. The number of anilines is 1. The van der Waals surface area contributed by atoms with Crippen molar-refractivity contribution in [2.24, 2.45) is 5.92 Å². The zero-order valence-electron chi connectivity index (χ0n) is 10.8. The van der Waals surface area contributed by atoms with E-state index < -0.39 is 5.97 Å². The Kier molecular flexibility index (Phi) is 5.01. The largest absolute Gasteiger partial charge is 0.478 e. The summed E-state index contributed by atoms with van der Waals surface area (Å²) in [5, 5.41) is 12.3. The van der Waals surface area contributed by atoms with Crippen LogP contribution in [0.5, 0.6) is 0 Å². The fourth-order valence-electron chi connectivity index (χ4n) is 1.72. The molecule has 0 aromatic heterocycles. The maximum absolute atomic E-state index is 11.1. The number of carboxylic acids is 1. The molecule has 0 spiro atoms. The molecule has 0 fully saturated rings. The lowest BCUT2D eigenvalue weighted by atomic mass is 10.1. The van der Waals surface area contributed by atoms with Crippen molar-refractivity contribution in [3.05, 3.63) is 29.3 Å². The number of aromatic carboxylic acids is 1. The number of hydrogen-bond acceptors (Lipinski definition) is 2. The third-order valence-electron chi connectivity index (χ3n) is 2.68. The van der Waals surface area contributed by atoms with Crippen LogP contribution in [0.4, 0.5) is 5.69 Å². The number of benzene rings is 1. The van der Waals surface area contributed by atoms with Gasteiger partial charge in [0.1, 0.15) is 0 Å². The van der Waals surface area contributed by atoms with E-state index in [0.29, 0.717) is 17.2 Å². The molecular formula is C14H21NO2. The Hall–Kier alpha value is -1.51. The molecule has 0 aliphatic carbocycles. The van der Waals surface area contributed by atoms with Gasteiger partial charge in [-0.2, -0.15) is 0 Å². The van der Waals surface area contributed by atoms with E-state index in [1.807, 2.05) is 19.1 Å². The fourth-order valence-corrected chi connectivity index (χ4v) is 1.72. The van der Waals surface area contributed by atoms with Crippen LogP contribution in [0.1, 0.15) is 42.6 Å². The highest BCUT2D eigenvalue weighted by molar-refractivity contribution is 5.94. The smallest absolute Gasteiger partial charge is 0.337 e. The molecule has 3 heteroatoms. The van der Waals surface area contributed by atoms with Crippen molar-refractivity contribution in [3.63, 3.8) is 0 Å². The molecule has 1 rings (SSSR count). The van der Waals surface area contributed by atoms with Crippen LogP contribution in [-0.4, -0.2) is 17.6 Å². The second-order valence-corrected chi connectivity index (χ2v) is 4.82. The number of hydrogen-bond donors (Lipinski definition) is 2. The lowest BCUT2D eigenvalue weighted by Gasteiger charge is -2.11. The first-order valence-electron chi connectivity index (χ1n) is 6.08. The first-order valence-corrected chi connectivity index (χ1v) is 6.08. The summed E-state index contributed by atoms with van der Waals surface area (Å²) in [5.41, 5.74) is 2.04. The summed E-state index contributed by atoms with van der Waals surface area (Å²) < 4.78 is 0. The van der Waals surface area contributed by atoms with Crippen molar-refractivity contribution in [2.45, 2.75) is 33.6 Å². The van der Waals surface area contributed by atoms with Gasteiger partial charge >= 0.3 is 5.97 Å². The van der Waals surface area contributed by atoms with Gasteiger partial charge in [0.25, 0.3) is 0 Å². The summed E-state index contributed by atoms with van der Waals surface area (Å²) in [4.78, 5) is 11.1. The van der Waals surface area contributed by atoms with Crippen LogP contribution in [0.3, 0.4) is 0 Å². The molecule has 0 unspecified atom stereocenters. The summed E-state index contributed by atoms with van der Waals surface area (Å²) in [6, 6.07) is 5.47. The van der Waals surface area contributed by atoms with Crippen molar-refractivity contribution in [1.29, 1.82) is 0 Å². The van der Waals surface area contributed by atoms with E-state index in [-0.39, 0.29) is 0 Å². The average Bonchev–Trinajstić information content (AvgIpc) is 2.25. The Balaban J connectivity index is 2.61. The molecule has 0 bridgehead atoms. The van der Waals surface area contributed by atoms with E-state index in [0.717, 1.165) is 24.9 Å². The van der Waals surface area contributed by atoms with Gasteiger partial charge in [0.15, 0.2) is 0 Å². The highest BCUT2D eigenvalue weighted by atomic mass is 16.4. The SMILES string of the molecule is Cc1ccc(NCCCC(C)C)c(C(=O)O)c1. The lowest BCUT2D eigenvalue weighted by Crippen LogP contribution is -2.08. The molecule has 1 aromatic rings. The zero-order valence-corrected chi connectivity index (χ0v) is 10.8. The van der Waals surface area contributed by atoms with Crippen LogP contribution in [0.15, 0.2) is 18.2 Å². The number of aryl methyl sites for hydroxylation is 1. The van der Waals surface area contributed by atoms with Gasteiger partial charge in [-0.05, 0) is 37.8 Å². The minimum absolute atomic E-state index is 0.356. The van der Waals surface area contributed by atoms with Crippen LogP contribution < -0.4 is 5.32 Å². The Morgan fingerprint density at radius 3 is 2.71 bits per heavy atom. The monoisotopic (exact) mass is 235 g/mol. The topological polar surface area (TPSA) is 49.3 Å². The Bertz CT molecular complexity index is 386. The third kappa shape index (κ3) is 4.47. The van der Waals surface area contributed by atoms with Gasteiger partial charge in [0.2, 0.25) is 0 Å². The standard InChI is InChI=1S/C14H21NO2/c1-10(2)5-4-8-15-13-7-6-11(3)9-12(13)14(16)17/h6-7,9-10,15H,4-5,8H2,1-3H3,(H,16,17). The minimum atomic E-state index is -0.875. The predicted molar refractivity (Wildman–Crippen MR) is 70.7 cm³/mol. The average molecular weight is 235 g/mol. The molecule has 0 aliphatic heterocycles. The Morgan fingerprint density at radius 2 is 2.12 bits per heavy atom. The quantitative estimate of drug-likeness (QED) is 0.741. The maximum atomic E-state index is 11.1. The van der Waals surface area contributed by atoms with Crippen LogP contribution in [0, 0.1) is 12.8 Å². The van der Waals surface area contributed by atoms with Crippen molar-refractivity contribution in [1.82, 2.24) is 0 Å². The molecule has 0 saturated heterocycles. The third-order valence-corrected chi connectivity index (χ3v) is 2.68. The molecule has 0 atom stereocenters. The number of rotatable bonds is 6. The molecule has 0 aliphatic rings. The molecule has 0 amide bonds. The first kappa shape index (κ1) is 13.6. The van der Waals surface area contributed by atoms with Crippen LogP contribution in [0.2, 0.25) is 0 Å². The van der Waals surface area contributed by atoms with Crippen LogP contribution in [0.25, 0.3) is 0 Å². The van der Waals surface area contributed by atoms with Gasteiger partial charge in [0.05, 0.1) is 5.56 Å². The van der Waals surface area contributed by atoms with Gasteiger partial charge in [-0.3, -0.25) is 0 Å². The highest BCUT2D eigenvalue weighted by Crippen LogP contribution is 2.17. The van der Waals surface area contributed by atoms with Gasteiger partial charge in [-0.15, -0.1) is 0 Å². The van der Waals surface area contributed by atoms with Crippen molar-refractivity contribution < 1.29 is 9.90 Å². The second-order valence-electron chi connectivity index (χ2n) is 4.82. The van der Waals surface area contributed by atoms with Crippen molar-refractivity contribution >= 4 is 11.7 Å². The molecule has 17 heavy (non-hydrogen) atoms. The molecule has 3 nitrogen and oxygen atoms in total. The van der Waals surface area contributed by atoms with E-state index in [1.165, 1.54) is 0 Å². The summed E-state index contributed by atoms with van der Waals surface area (Å²) in [5.74, 6) is -0.186. The summed E-state index contributed by atoms with van der Waals surface area (Å²) in [6.07, 6.45) is 2.21. The van der Waals surface area contributed by atoms with Gasteiger partial charge in [0, 0.05) is 12.2 Å². The molecule has 0 heterocycles. The van der Waals surface area contributed by atoms with Gasteiger partial charge < -0.3 is 10.4 Å². The normalized spacial score (nSPS) is 10.6. The van der Waals surface area contributed by atoms with Crippen LogP contribution >= 0.6 is 0 Å². The second kappa shape index (κ2) is 6.28. The zero-order chi connectivity index (χ0) is 12.8. The maximum Gasteiger partial charge on any atom is 0.337 e. The number of carboxylic acid groups (broad SMARTS) is 1. The van der Waals surface area contributed by atoms with E-state index in [4.69, 9.17) is 5.11 Å². The first-order chi connectivity index (χ1) is 8.00. The van der Waals surface area contributed by atoms with Gasteiger partial charge in [-0.1, -0.05) is 25.5 Å². The molecule has 2 N–H and O–H groups in total. The Labute approximate surface area is 103 Å². The van der Waals surface area contributed by atoms with Gasteiger partial charge in [-0.25, -0.2) is 4.79 Å². The van der Waals surface area contributed by atoms with Crippen molar-refractivity contribution in [3.8, 4) is 0 Å². The molecule has 0 saturated carbocycles. The Morgan fingerprint density at radius 1 is 1.41 bits per heavy atom. The summed E-state index contributed by atoms with van der Waals surface area (Å²) >= 11 is 0. The summed E-state index contributed by atoms with van der Waals surface area (Å²) in [7, 11) is 0. The lowest BCUT2D eigenvalue weighted by molar-refractivity contribution is 0.0698. The van der Waals surface area contributed by atoms with E-state index in [1.54, 1.807) is 6.07 Å². The fraction of sp³-hybridized carbons (Fsp3) is 0.500. The summed E-state index contributed by atoms with van der Waals surface area (Å²) in [6.45, 7) is 7.10. The molecular weight excluding hydrogens is 214 g/mol. The molecule has 0 radical (unpaired) electrons. The van der Waals surface area contributed by atoms with E-state index in [2.05, 4.69) is 19.2 Å². The van der Waals surface area contributed by atoms with E-state index >= 15 is 0 Å². The van der Waals surface area contributed by atoms with Crippen molar-refractivity contribution in [2.75, 3.05) is 11.9 Å². The molecule has 1 aromatic carbocycles. The van der Waals surface area contributed by atoms with E-state index in [9.17, 15) is 4.79 Å². The molecule has 94 valence electrons. The van der Waals surface area contributed by atoms with Crippen LogP contribution in [-0.2, 0) is 0 Å². The predicted octanol–water partition coefficient (Wildman–Crippen LogP) is 3.54.